The fourth-order valence-corrected chi connectivity index (χ4v) is 1.55. The predicted octanol–water partition coefficient (Wildman–Crippen LogP) is 1.84. The van der Waals surface area contributed by atoms with Gasteiger partial charge in [-0.05, 0) is 25.1 Å². The van der Waals surface area contributed by atoms with Crippen LogP contribution in [0.3, 0.4) is 0 Å². The monoisotopic (exact) mass is 317 g/mol. The molecule has 98 valence electrons. The van der Waals surface area contributed by atoms with E-state index in [-0.39, 0.29) is 5.69 Å². The smallest absolute Gasteiger partial charge is 0.321 e. The lowest BCUT2D eigenvalue weighted by molar-refractivity contribution is -0.120. The zero-order valence-electron chi connectivity index (χ0n) is 9.88. The molecule has 1 aromatic rings. The van der Waals surface area contributed by atoms with Gasteiger partial charge in [0.05, 0.1) is 5.69 Å². The number of rotatable bonds is 3. The second-order valence-corrected chi connectivity index (χ2v) is 4.47. The first-order chi connectivity index (χ1) is 8.43. The summed E-state index contributed by atoms with van der Waals surface area (Å²) in [6.07, 6.45) is 0. The van der Waals surface area contributed by atoms with E-state index in [9.17, 15) is 14.0 Å². The van der Waals surface area contributed by atoms with E-state index in [1.165, 1.54) is 26.1 Å². The number of nitrogens with one attached hydrogen (secondary N) is 3. The highest BCUT2D eigenvalue weighted by Crippen LogP contribution is 2.20. The lowest BCUT2D eigenvalue weighted by Gasteiger charge is -2.15. The van der Waals surface area contributed by atoms with Crippen molar-refractivity contribution in [1.29, 1.82) is 0 Å². The van der Waals surface area contributed by atoms with Crippen LogP contribution in [-0.4, -0.2) is 25.0 Å². The van der Waals surface area contributed by atoms with Crippen LogP contribution in [0.2, 0.25) is 0 Å². The number of imide groups is 1. The Labute approximate surface area is 112 Å². The van der Waals surface area contributed by atoms with E-state index in [1.54, 1.807) is 6.07 Å². The van der Waals surface area contributed by atoms with E-state index >= 15 is 0 Å². The molecule has 0 aliphatic heterocycles. The fourth-order valence-electron chi connectivity index (χ4n) is 1.19. The number of amides is 3. The number of hydrogen-bond acceptors (Lipinski definition) is 3. The van der Waals surface area contributed by atoms with Crippen LogP contribution in [0.25, 0.3) is 0 Å². The highest BCUT2D eigenvalue weighted by Gasteiger charge is 2.16. The molecule has 5 nitrogen and oxygen atoms in total. The van der Waals surface area contributed by atoms with Gasteiger partial charge in [0.15, 0.2) is 0 Å². The van der Waals surface area contributed by atoms with Gasteiger partial charge < -0.3 is 10.6 Å². The van der Waals surface area contributed by atoms with Crippen molar-refractivity contribution in [2.24, 2.45) is 0 Å². The largest absolute Gasteiger partial charge is 0.371 e. The van der Waals surface area contributed by atoms with E-state index in [1.807, 2.05) is 0 Å². The van der Waals surface area contributed by atoms with E-state index in [0.717, 1.165) is 0 Å². The summed E-state index contributed by atoms with van der Waals surface area (Å²) in [6.45, 7) is 1.53. The molecule has 1 unspecified atom stereocenters. The van der Waals surface area contributed by atoms with Gasteiger partial charge in [0, 0.05) is 11.5 Å². The van der Waals surface area contributed by atoms with Crippen molar-refractivity contribution in [2.45, 2.75) is 13.0 Å². The third-order valence-electron chi connectivity index (χ3n) is 2.16. The van der Waals surface area contributed by atoms with E-state index in [0.29, 0.717) is 4.47 Å². The van der Waals surface area contributed by atoms with Crippen LogP contribution < -0.4 is 16.0 Å². The highest BCUT2D eigenvalue weighted by atomic mass is 79.9. The van der Waals surface area contributed by atoms with E-state index in [2.05, 4.69) is 31.9 Å². The molecule has 0 saturated carbocycles. The molecule has 0 saturated heterocycles. The molecule has 0 aliphatic rings. The molecule has 1 atom stereocenters. The fraction of sp³-hybridized carbons (Fsp3) is 0.273. The summed E-state index contributed by atoms with van der Waals surface area (Å²) in [4.78, 5) is 22.5. The topological polar surface area (TPSA) is 70.2 Å². The Kier molecular flexibility index (Phi) is 5.08. The van der Waals surface area contributed by atoms with Crippen LogP contribution in [-0.2, 0) is 4.79 Å². The lowest BCUT2D eigenvalue weighted by Crippen LogP contribution is -2.44. The van der Waals surface area contributed by atoms with Gasteiger partial charge in [-0.15, -0.1) is 0 Å². The van der Waals surface area contributed by atoms with Crippen LogP contribution in [0.15, 0.2) is 22.7 Å². The number of urea groups is 1. The van der Waals surface area contributed by atoms with Gasteiger partial charge in [-0.25, -0.2) is 9.18 Å². The summed E-state index contributed by atoms with van der Waals surface area (Å²) >= 11 is 3.20. The number of carbonyl (C=O) groups excluding carboxylic acids is 2. The molecular weight excluding hydrogens is 305 g/mol. The van der Waals surface area contributed by atoms with Crippen molar-refractivity contribution < 1.29 is 14.0 Å². The van der Waals surface area contributed by atoms with Crippen LogP contribution in [0.4, 0.5) is 14.9 Å². The average Bonchev–Trinajstić information content (AvgIpc) is 2.33. The molecule has 0 spiro atoms. The molecule has 0 radical (unpaired) electrons. The van der Waals surface area contributed by atoms with Crippen molar-refractivity contribution in [3.63, 3.8) is 0 Å². The second kappa shape index (κ2) is 6.34. The maximum absolute atomic E-state index is 13.4. The molecule has 1 aromatic carbocycles. The first-order valence-electron chi connectivity index (χ1n) is 5.18. The van der Waals surface area contributed by atoms with Gasteiger partial charge in [0.1, 0.15) is 11.9 Å². The minimum atomic E-state index is -0.744. The van der Waals surface area contributed by atoms with Gasteiger partial charge >= 0.3 is 6.03 Å². The van der Waals surface area contributed by atoms with Gasteiger partial charge in [0.25, 0.3) is 0 Å². The van der Waals surface area contributed by atoms with Crippen molar-refractivity contribution in [2.75, 3.05) is 12.4 Å². The summed E-state index contributed by atoms with van der Waals surface area (Å²) in [7, 11) is 1.40. The molecule has 0 aliphatic carbocycles. The van der Waals surface area contributed by atoms with Crippen LogP contribution in [0.1, 0.15) is 6.92 Å². The lowest BCUT2D eigenvalue weighted by atomic mass is 10.2. The third kappa shape index (κ3) is 3.99. The molecule has 3 amide bonds. The number of hydrogen-bond donors (Lipinski definition) is 3. The number of carbonyl (C=O) groups is 2. The first-order valence-corrected chi connectivity index (χ1v) is 5.97. The van der Waals surface area contributed by atoms with Crippen LogP contribution in [0, 0.1) is 5.82 Å². The Morgan fingerprint density at radius 2 is 2.06 bits per heavy atom. The zero-order chi connectivity index (χ0) is 13.7. The standard InChI is InChI=1S/C11H13BrFN3O2/c1-6(10(17)16-11(18)14-2)15-9-5-7(12)3-4-8(9)13/h3-6,15H,1-2H3,(H2,14,16,17,18). The minimum Gasteiger partial charge on any atom is -0.371 e. The molecule has 0 fully saturated rings. The Morgan fingerprint density at radius 1 is 1.39 bits per heavy atom. The summed E-state index contributed by atoms with van der Waals surface area (Å²) < 4.78 is 14.1. The van der Waals surface area contributed by atoms with E-state index < -0.39 is 23.8 Å². The molecule has 18 heavy (non-hydrogen) atoms. The maximum atomic E-state index is 13.4. The predicted molar refractivity (Wildman–Crippen MR) is 69.8 cm³/mol. The number of halogens is 2. The molecule has 7 heteroatoms. The quantitative estimate of drug-likeness (QED) is 0.796. The Hall–Kier alpha value is -1.63. The maximum Gasteiger partial charge on any atom is 0.321 e. The van der Waals surface area contributed by atoms with Gasteiger partial charge in [-0.2, -0.15) is 0 Å². The molecule has 3 N–H and O–H groups in total. The second-order valence-electron chi connectivity index (χ2n) is 3.56. The summed E-state index contributed by atoms with van der Waals surface area (Å²) in [5.74, 6) is -1.02. The van der Waals surface area contributed by atoms with Gasteiger partial charge in [0.2, 0.25) is 5.91 Å². The van der Waals surface area contributed by atoms with Crippen molar-refractivity contribution in [1.82, 2.24) is 10.6 Å². The molecule has 1 rings (SSSR count). The van der Waals surface area contributed by atoms with E-state index in [4.69, 9.17) is 0 Å². The SMILES string of the molecule is CNC(=O)NC(=O)C(C)Nc1cc(Br)ccc1F. The Bertz CT molecular complexity index is 468. The van der Waals surface area contributed by atoms with Gasteiger partial charge in [-0.3, -0.25) is 10.1 Å². The first kappa shape index (κ1) is 14.4. The molecule has 0 aromatic heterocycles. The summed E-state index contributed by atoms with van der Waals surface area (Å²) in [5.41, 5.74) is 0.184. The molecular formula is C11H13BrFN3O2. The van der Waals surface area contributed by atoms with Crippen molar-refractivity contribution >= 4 is 33.6 Å². The minimum absolute atomic E-state index is 0.184. The summed E-state index contributed by atoms with van der Waals surface area (Å²) in [6, 6.07) is 2.99. The van der Waals surface area contributed by atoms with Gasteiger partial charge in [-0.1, -0.05) is 15.9 Å². The summed E-state index contributed by atoms with van der Waals surface area (Å²) in [5, 5.41) is 7.04. The Balaban J connectivity index is 2.69. The highest BCUT2D eigenvalue weighted by molar-refractivity contribution is 9.10. The van der Waals surface area contributed by atoms with Crippen LogP contribution >= 0.6 is 15.9 Å². The third-order valence-corrected chi connectivity index (χ3v) is 2.65. The van der Waals surface area contributed by atoms with Crippen LogP contribution in [0.5, 0.6) is 0 Å². The number of anilines is 1. The normalized spacial score (nSPS) is 11.6. The van der Waals surface area contributed by atoms with Crippen molar-refractivity contribution in [3.8, 4) is 0 Å². The number of benzene rings is 1. The van der Waals surface area contributed by atoms with Crippen molar-refractivity contribution in [3.05, 3.63) is 28.5 Å². The average molecular weight is 318 g/mol. The molecule has 0 bridgehead atoms. The zero-order valence-corrected chi connectivity index (χ0v) is 11.5. The Morgan fingerprint density at radius 3 is 2.67 bits per heavy atom. The molecule has 0 heterocycles.